The predicted molar refractivity (Wildman–Crippen MR) is 212 cm³/mol. The van der Waals surface area contributed by atoms with E-state index in [4.69, 9.17) is 14.4 Å². The molecule has 0 atom stereocenters. The topological polar surface area (TPSA) is 38.9 Å². The van der Waals surface area contributed by atoms with Crippen LogP contribution in [-0.2, 0) is 0 Å². The second-order valence-corrected chi connectivity index (χ2v) is 12.9. The maximum absolute atomic E-state index is 6.27. The summed E-state index contributed by atoms with van der Waals surface area (Å²) in [5.74, 6) is 0.692. The molecule has 3 heteroatoms. The first-order valence-electron chi connectivity index (χ1n) is 17.2. The second-order valence-electron chi connectivity index (χ2n) is 12.9. The Morgan fingerprint density at radius 2 is 0.824 bits per heavy atom. The number of aromatic nitrogens is 2. The molecule has 0 aliphatic carbocycles. The Bertz CT molecular complexity index is 2910. The Hall–Kier alpha value is -6.84. The number of furan rings is 1. The van der Waals surface area contributed by atoms with Gasteiger partial charge in [0.05, 0.1) is 11.4 Å². The van der Waals surface area contributed by atoms with E-state index in [0.717, 1.165) is 77.3 Å². The molecule has 238 valence electrons. The first-order valence-corrected chi connectivity index (χ1v) is 17.2. The zero-order chi connectivity index (χ0) is 33.7. The van der Waals surface area contributed by atoms with Gasteiger partial charge in [0.2, 0.25) is 0 Å². The third kappa shape index (κ3) is 4.90. The van der Waals surface area contributed by atoms with E-state index in [1.54, 1.807) is 0 Å². The van der Waals surface area contributed by atoms with Gasteiger partial charge in [-0.25, -0.2) is 9.97 Å². The van der Waals surface area contributed by atoms with Crippen molar-refractivity contribution in [3.05, 3.63) is 182 Å². The molecule has 0 saturated carbocycles. The molecule has 2 heterocycles. The van der Waals surface area contributed by atoms with E-state index in [1.807, 2.05) is 18.2 Å². The molecule has 0 N–H and O–H groups in total. The third-order valence-corrected chi connectivity index (χ3v) is 9.94. The standard InChI is InChI=1S/C48H30N2O/c1-3-14-31(15-4-1)33-26-28-39(36-20-9-7-18-34(33)36)44-30-43(32-16-5-2-6-17-32)49-48(50-44)41-29-27-38(35-19-8-10-21-37(35)41)40-23-13-25-46-47(40)42-22-11-12-24-45(42)51-46/h1-30H. The van der Waals surface area contributed by atoms with Crippen LogP contribution in [-0.4, -0.2) is 9.97 Å². The largest absolute Gasteiger partial charge is 0.456 e. The summed E-state index contributed by atoms with van der Waals surface area (Å²) in [6.45, 7) is 0. The minimum absolute atomic E-state index is 0.692. The van der Waals surface area contributed by atoms with E-state index < -0.39 is 0 Å². The van der Waals surface area contributed by atoms with Gasteiger partial charge in [-0.1, -0.05) is 158 Å². The van der Waals surface area contributed by atoms with Gasteiger partial charge < -0.3 is 4.42 Å². The molecule has 0 radical (unpaired) electrons. The number of nitrogens with zero attached hydrogens (tertiary/aromatic N) is 2. The lowest BCUT2D eigenvalue weighted by molar-refractivity contribution is 0.669. The van der Waals surface area contributed by atoms with Crippen LogP contribution >= 0.6 is 0 Å². The van der Waals surface area contributed by atoms with Crippen molar-refractivity contribution in [1.29, 1.82) is 0 Å². The monoisotopic (exact) mass is 650 g/mol. The second kappa shape index (κ2) is 11.9. The van der Waals surface area contributed by atoms with Gasteiger partial charge in [0, 0.05) is 27.5 Å². The van der Waals surface area contributed by atoms with Gasteiger partial charge >= 0.3 is 0 Å². The highest BCUT2D eigenvalue weighted by Crippen LogP contribution is 2.42. The molecule has 0 fully saturated rings. The van der Waals surface area contributed by atoms with Crippen molar-refractivity contribution in [3.8, 4) is 56.2 Å². The quantitative estimate of drug-likeness (QED) is 0.186. The molecule has 51 heavy (non-hydrogen) atoms. The fourth-order valence-corrected chi connectivity index (χ4v) is 7.58. The number of para-hydroxylation sites is 1. The van der Waals surface area contributed by atoms with Crippen molar-refractivity contribution in [3.63, 3.8) is 0 Å². The maximum Gasteiger partial charge on any atom is 0.161 e. The van der Waals surface area contributed by atoms with Gasteiger partial charge in [-0.05, 0) is 68.1 Å². The van der Waals surface area contributed by atoms with E-state index in [-0.39, 0.29) is 0 Å². The number of rotatable bonds is 5. The lowest BCUT2D eigenvalue weighted by Gasteiger charge is -2.15. The minimum atomic E-state index is 0.692. The molecule has 10 aromatic rings. The van der Waals surface area contributed by atoms with Crippen LogP contribution in [0.4, 0.5) is 0 Å². The summed E-state index contributed by atoms with van der Waals surface area (Å²) in [7, 11) is 0. The molecule has 8 aromatic carbocycles. The fourth-order valence-electron chi connectivity index (χ4n) is 7.58. The highest BCUT2D eigenvalue weighted by Gasteiger charge is 2.19. The molecular formula is C48H30N2O. The normalized spacial score (nSPS) is 11.5. The lowest BCUT2D eigenvalue weighted by Crippen LogP contribution is -1.98. The number of hydrogen-bond acceptors (Lipinski definition) is 3. The molecule has 0 bridgehead atoms. The number of benzene rings is 8. The highest BCUT2D eigenvalue weighted by atomic mass is 16.3. The van der Waals surface area contributed by atoms with E-state index in [2.05, 4.69) is 164 Å². The van der Waals surface area contributed by atoms with Crippen molar-refractivity contribution in [2.75, 3.05) is 0 Å². The van der Waals surface area contributed by atoms with Crippen molar-refractivity contribution in [2.24, 2.45) is 0 Å². The summed E-state index contributed by atoms with van der Waals surface area (Å²) in [4.78, 5) is 10.6. The molecule has 0 saturated heterocycles. The van der Waals surface area contributed by atoms with E-state index >= 15 is 0 Å². The highest BCUT2D eigenvalue weighted by molar-refractivity contribution is 6.16. The Morgan fingerprint density at radius 3 is 1.57 bits per heavy atom. The van der Waals surface area contributed by atoms with Crippen LogP contribution in [0.25, 0.3) is 99.6 Å². The minimum Gasteiger partial charge on any atom is -0.456 e. The maximum atomic E-state index is 6.27. The van der Waals surface area contributed by atoms with Crippen LogP contribution in [0.2, 0.25) is 0 Å². The molecule has 3 nitrogen and oxygen atoms in total. The van der Waals surface area contributed by atoms with E-state index in [1.165, 1.54) is 16.5 Å². The molecular weight excluding hydrogens is 621 g/mol. The molecule has 0 aliphatic rings. The van der Waals surface area contributed by atoms with E-state index in [9.17, 15) is 0 Å². The van der Waals surface area contributed by atoms with Gasteiger partial charge in [-0.15, -0.1) is 0 Å². The van der Waals surface area contributed by atoms with Crippen LogP contribution in [0.1, 0.15) is 0 Å². The first kappa shape index (κ1) is 29.1. The zero-order valence-corrected chi connectivity index (χ0v) is 27.6. The Balaban J connectivity index is 1.20. The lowest BCUT2D eigenvalue weighted by atomic mass is 9.92. The van der Waals surface area contributed by atoms with Crippen molar-refractivity contribution >= 4 is 43.5 Å². The van der Waals surface area contributed by atoms with E-state index in [0.29, 0.717) is 5.82 Å². The summed E-state index contributed by atoms with van der Waals surface area (Å²) in [5.41, 5.74) is 11.3. The molecule has 0 unspecified atom stereocenters. The summed E-state index contributed by atoms with van der Waals surface area (Å²) in [6.07, 6.45) is 0. The summed E-state index contributed by atoms with van der Waals surface area (Å²) >= 11 is 0. The Kier molecular flexibility index (Phi) is 6.81. The van der Waals surface area contributed by atoms with Gasteiger partial charge in [0.1, 0.15) is 11.2 Å². The summed E-state index contributed by atoms with van der Waals surface area (Å²) < 4.78 is 6.27. The van der Waals surface area contributed by atoms with Gasteiger partial charge in [-0.2, -0.15) is 0 Å². The van der Waals surface area contributed by atoms with Gasteiger partial charge in [0.15, 0.2) is 5.82 Å². The number of hydrogen-bond donors (Lipinski definition) is 0. The molecule has 10 rings (SSSR count). The van der Waals surface area contributed by atoms with Crippen LogP contribution < -0.4 is 0 Å². The van der Waals surface area contributed by atoms with Crippen LogP contribution in [0, 0.1) is 0 Å². The first-order chi connectivity index (χ1) is 25.3. The Labute approximate surface area is 295 Å². The SMILES string of the molecule is c1ccc(-c2cc(-c3ccc(-c4ccccc4)c4ccccc34)nc(-c3ccc(-c4cccc5oc6ccccc6c45)c4ccccc34)n2)cc1. The molecule has 0 spiro atoms. The summed E-state index contributed by atoms with van der Waals surface area (Å²) in [5, 5.41) is 6.83. The van der Waals surface area contributed by atoms with Crippen LogP contribution in [0.3, 0.4) is 0 Å². The van der Waals surface area contributed by atoms with Crippen molar-refractivity contribution in [1.82, 2.24) is 9.97 Å². The Morgan fingerprint density at radius 1 is 0.314 bits per heavy atom. The third-order valence-electron chi connectivity index (χ3n) is 9.94. The average Bonchev–Trinajstić information content (AvgIpc) is 3.60. The average molecular weight is 651 g/mol. The zero-order valence-electron chi connectivity index (χ0n) is 27.6. The summed E-state index contributed by atoms with van der Waals surface area (Å²) in [6, 6.07) is 63.7. The van der Waals surface area contributed by atoms with Crippen LogP contribution in [0.5, 0.6) is 0 Å². The number of fused-ring (bicyclic) bond motifs is 5. The molecule has 2 aromatic heterocycles. The van der Waals surface area contributed by atoms with Crippen molar-refractivity contribution in [2.45, 2.75) is 0 Å². The van der Waals surface area contributed by atoms with Crippen LogP contribution in [0.15, 0.2) is 186 Å². The molecule has 0 amide bonds. The smallest absolute Gasteiger partial charge is 0.161 e. The predicted octanol–water partition coefficient (Wildman–Crippen LogP) is 13.0. The fraction of sp³-hybridized carbons (Fsp3) is 0. The van der Waals surface area contributed by atoms with Gasteiger partial charge in [-0.3, -0.25) is 0 Å². The van der Waals surface area contributed by atoms with Crippen molar-refractivity contribution < 1.29 is 4.42 Å². The molecule has 0 aliphatic heterocycles. The van der Waals surface area contributed by atoms with Gasteiger partial charge in [0.25, 0.3) is 0 Å².